The molecule has 1 aromatic carbocycles. The zero-order valence-corrected chi connectivity index (χ0v) is 9.27. The van der Waals surface area contributed by atoms with E-state index in [0.717, 1.165) is 6.07 Å². The molecule has 0 amide bonds. The number of alkyl halides is 6. The summed E-state index contributed by atoms with van der Waals surface area (Å²) in [6.45, 7) is -0.760. The van der Waals surface area contributed by atoms with Gasteiger partial charge >= 0.3 is 12.4 Å². The molecule has 8 heteroatoms. The van der Waals surface area contributed by atoms with E-state index in [1.54, 1.807) is 0 Å². The highest BCUT2D eigenvalue weighted by atomic mass is 19.4. The maximum absolute atomic E-state index is 12.3. The van der Waals surface area contributed by atoms with E-state index in [-0.39, 0.29) is 5.75 Å². The molecule has 0 fully saturated rings. The van der Waals surface area contributed by atoms with E-state index in [9.17, 15) is 26.3 Å². The molecule has 0 saturated heterocycles. The van der Waals surface area contributed by atoms with Crippen LogP contribution >= 0.6 is 0 Å². The Balaban J connectivity index is 2.84. The third-order valence-corrected chi connectivity index (χ3v) is 2.07. The smallest absolute Gasteiger partial charge is 0.416 e. The summed E-state index contributed by atoms with van der Waals surface area (Å²) >= 11 is 0. The summed E-state index contributed by atoms with van der Waals surface area (Å²) in [5.74, 6) is -0.306. The van der Waals surface area contributed by atoms with Crippen LogP contribution in [-0.4, -0.2) is 12.8 Å². The Hall–Kier alpha value is -1.91. The molecule has 0 aliphatic heterocycles. The van der Waals surface area contributed by atoms with Crippen molar-refractivity contribution in [1.82, 2.24) is 0 Å². The number of halogens is 6. The number of hydrogen-bond donors (Lipinski definition) is 0. The first-order valence-electron chi connectivity index (χ1n) is 4.94. The summed E-state index contributed by atoms with van der Waals surface area (Å²) in [6.07, 6.45) is -10.3. The molecule has 0 aromatic heterocycles. The molecule has 0 bridgehead atoms. The first-order chi connectivity index (χ1) is 8.63. The normalized spacial score (nSPS) is 12.1. The van der Waals surface area contributed by atoms with Crippen LogP contribution in [0.15, 0.2) is 18.2 Å². The van der Waals surface area contributed by atoms with E-state index < -0.39 is 36.5 Å². The summed E-state index contributed by atoms with van der Waals surface area (Å²) in [7, 11) is 0. The molecule has 1 rings (SSSR count). The lowest BCUT2D eigenvalue weighted by molar-refractivity contribution is -0.139. The minimum atomic E-state index is -4.63. The number of rotatable bonds is 3. The Bertz CT molecular complexity index is 485. The van der Waals surface area contributed by atoms with Gasteiger partial charge in [0.1, 0.15) is 11.8 Å². The summed E-state index contributed by atoms with van der Waals surface area (Å²) in [4.78, 5) is 0. The van der Waals surface area contributed by atoms with Crippen LogP contribution in [0.25, 0.3) is 0 Å². The van der Waals surface area contributed by atoms with Crippen molar-refractivity contribution in [2.75, 3.05) is 6.61 Å². The summed E-state index contributed by atoms with van der Waals surface area (Å²) < 4.78 is 77.3. The van der Waals surface area contributed by atoms with Crippen LogP contribution in [-0.2, 0) is 6.18 Å². The van der Waals surface area contributed by atoms with Gasteiger partial charge in [-0.2, -0.15) is 31.6 Å². The van der Waals surface area contributed by atoms with Crippen molar-refractivity contribution in [2.45, 2.75) is 18.8 Å². The highest BCUT2D eigenvalue weighted by Gasteiger charge is 2.31. The van der Waals surface area contributed by atoms with E-state index >= 15 is 0 Å². The van der Waals surface area contributed by atoms with Gasteiger partial charge in [0.05, 0.1) is 24.2 Å². The molecule has 0 heterocycles. The molecule has 0 aliphatic carbocycles. The predicted octanol–water partition coefficient (Wildman–Crippen LogP) is 3.91. The summed E-state index contributed by atoms with van der Waals surface area (Å²) in [5, 5.41) is 8.65. The quantitative estimate of drug-likeness (QED) is 0.788. The van der Waals surface area contributed by atoms with Gasteiger partial charge in [0.15, 0.2) is 0 Å². The van der Waals surface area contributed by atoms with Gasteiger partial charge in [0, 0.05) is 0 Å². The molecule has 0 N–H and O–H groups in total. The van der Waals surface area contributed by atoms with Crippen LogP contribution in [0.4, 0.5) is 26.3 Å². The van der Waals surface area contributed by atoms with Gasteiger partial charge in [-0.3, -0.25) is 0 Å². The average Bonchev–Trinajstić information content (AvgIpc) is 2.26. The minimum Gasteiger partial charge on any atom is -0.492 e. The molecule has 1 aromatic rings. The van der Waals surface area contributed by atoms with E-state index in [2.05, 4.69) is 4.74 Å². The van der Waals surface area contributed by atoms with Crippen LogP contribution < -0.4 is 4.74 Å². The SMILES string of the molecule is N#Cc1cc(C(F)(F)F)ccc1OCCC(F)(F)F. The Kier molecular flexibility index (Phi) is 4.29. The van der Waals surface area contributed by atoms with Crippen molar-refractivity contribution >= 4 is 0 Å². The molecule has 0 aliphatic rings. The number of ether oxygens (including phenoxy) is 1. The molecule has 0 spiro atoms. The lowest BCUT2D eigenvalue weighted by Crippen LogP contribution is -2.13. The van der Waals surface area contributed by atoms with Crippen LogP contribution in [0.2, 0.25) is 0 Å². The van der Waals surface area contributed by atoms with Crippen molar-refractivity contribution in [1.29, 1.82) is 5.26 Å². The zero-order valence-electron chi connectivity index (χ0n) is 9.27. The van der Waals surface area contributed by atoms with Gasteiger partial charge < -0.3 is 4.74 Å². The first kappa shape index (κ1) is 15.1. The zero-order chi connectivity index (χ0) is 14.7. The van der Waals surface area contributed by atoms with Crippen molar-refractivity contribution in [2.24, 2.45) is 0 Å². The van der Waals surface area contributed by atoms with E-state index in [1.807, 2.05) is 0 Å². The second-order valence-corrected chi connectivity index (χ2v) is 3.53. The number of nitrogens with zero attached hydrogens (tertiary/aromatic N) is 1. The Labute approximate surface area is 104 Å². The third kappa shape index (κ3) is 4.69. The lowest BCUT2D eigenvalue weighted by atomic mass is 10.1. The van der Waals surface area contributed by atoms with Crippen LogP contribution in [0.1, 0.15) is 17.5 Å². The van der Waals surface area contributed by atoms with Gasteiger partial charge in [-0.15, -0.1) is 0 Å². The largest absolute Gasteiger partial charge is 0.492 e. The van der Waals surface area contributed by atoms with E-state index in [4.69, 9.17) is 5.26 Å². The van der Waals surface area contributed by atoms with Crippen LogP contribution in [0, 0.1) is 11.3 Å². The fourth-order valence-electron chi connectivity index (χ4n) is 1.20. The summed E-state index contributed by atoms with van der Waals surface area (Å²) in [5.41, 5.74) is -1.52. The van der Waals surface area contributed by atoms with Crippen LogP contribution in [0.5, 0.6) is 5.75 Å². The third-order valence-electron chi connectivity index (χ3n) is 2.07. The summed E-state index contributed by atoms with van der Waals surface area (Å²) in [6, 6.07) is 3.45. The monoisotopic (exact) mass is 283 g/mol. The van der Waals surface area contributed by atoms with Gasteiger partial charge in [-0.25, -0.2) is 0 Å². The highest BCUT2D eigenvalue weighted by molar-refractivity contribution is 5.46. The maximum atomic E-state index is 12.3. The topological polar surface area (TPSA) is 33.0 Å². The molecular weight excluding hydrogens is 276 g/mol. The molecule has 19 heavy (non-hydrogen) atoms. The molecule has 0 saturated carbocycles. The maximum Gasteiger partial charge on any atom is 0.416 e. The highest BCUT2D eigenvalue weighted by Crippen LogP contribution is 2.32. The number of nitriles is 1. The number of benzene rings is 1. The fraction of sp³-hybridized carbons (Fsp3) is 0.364. The number of hydrogen-bond acceptors (Lipinski definition) is 2. The van der Waals surface area contributed by atoms with Crippen molar-refractivity contribution < 1.29 is 31.1 Å². The molecule has 0 radical (unpaired) electrons. The second kappa shape index (κ2) is 5.38. The Morgan fingerprint density at radius 3 is 2.21 bits per heavy atom. The molecule has 0 unspecified atom stereocenters. The van der Waals surface area contributed by atoms with E-state index in [0.29, 0.717) is 12.1 Å². The van der Waals surface area contributed by atoms with Gasteiger partial charge in [-0.05, 0) is 18.2 Å². The fourth-order valence-corrected chi connectivity index (χ4v) is 1.20. The Morgan fingerprint density at radius 1 is 1.11 bits per heavy atom. The predicted molar refractivity (Wildman–Crippen MR) is 52.3 cm³/mol. The molecule has 104 valence electrons. The van der Waals surface area contributed by atoms with E-state index in [1.165, 1.54) is 6.07 Å². The molecular formula is C11H7F6NO. The second-order valence-electron chi connectivity index (χ2n) is 3.53. The van der Waals surface area contributed by atoms with Gasteiger partial charge in [-0.1, -0.05) is 0 Å². The minimum absolute atomic E-state index is 0.306. The van der Waals surface area contributed by atoms with Crippen molar-refractivity contribution in [3.8, 4) is 11.8 Å². The van der Waals surface area contributed by atoms with Crippen molar-refractivity contribution in [3.63, 3.8) is 0 Å². The average molecular weight is 283 g/mol. The Morgan fingerprint density at radius 2 is 1.74 bits per heavy atom. The van der Waals surface area contributed by atoms with Crippen molar-refractivity contribution in [3.05, 3.63) is 29.3 Å². The van der Waals surface area contributed by atoms with Crippen LogP contribution in [0.3, 0.4) is 0 Å². The molecule has 0 atom stereocenters. The lowest BCUT2D eigenvalue weighted by Gasteiger charge is -2.12. The standard InChI is InChI=1S/C11H7F6NO/c12-10(13,14)3-4-19-9-2-1-8(11(15,16)17)5-7(9)6-18/h1-2,5H,3-4H2. The van der Waals surface area contributed by atoms with Gasteiger partial charge in [0.25, 0.3) is 0 Å². The van der Waals surface area contributed by atoms with Gasteiger partial charge in [0.2, 0.25) is 0 Å². The molecule has 2 nitrogen and oxygen atoms in total. The first-order valence-corrected chi connectivity index (χ1v) is 4.94.